The summed E-state index contributed by atoms with van der Waals surface area (Å²) >= 11 is 0. The fourth-order valence-electron chi connectivity index (χ4n) is 2.49. The Hall–Kier alpha value is -1.36. The van der Waals surface area contributed by atoms with Crippen LogP contribution < -0.4 is 10.6 Å². The van der Waals surface area contributed by atoms with E-state index in [1.165, 1.54) is 0 Å². The summed E-state index contributed by atoms with van der Waals surface area (Å²) in [6.07, 6.45) is 2.01. The lowest BCUT2D eigenvalue weighted by atomic mass is 9.95. The number of anilines is 2. The molecule has 5 heteroatoms. The SMILES string of the molecule is Cc1c(N)nc(C(C)(C)C)nc1N1CCC(CO)CC1. The van der Waals surface area contributed by atoms with E-state index in [1.54, 1.807) is 0 Å². The maximum atomic E-state index is 9.23. The van der Waals surface area contributed by atoms with Gasteiger partial charge in [-0.3, -0.25) is 0 Å². The molecule has 1 aliphatic rings. The zero-order valence-corrected chi connectivity index (χ0v) is 13.0. The smallest absolute Gasteiger partial charge is 0.138 e. The molecule has 0 radical (unpaired) electrons. The minimum atomic E-state index is -0.111. The van der Waals surface area contributed by atoms with Crippen molar-refractivity contribution in [2.24, 2.45) is 5.92 Å². The quantitative estimate of drug-likeness (QED) is 0.864. The molecule has 0 bridgehead atoms. The van der Waals surface area contributed by atoms with E-state index in [4.69, 9.17) is 10.7 Å². The molecule has 0 atom stereocenters. The number of nitrogens with two attached hydrogens (primary N) is 1. The van der Waals surface area contributed by atoms with Gasteiger partial charge >= 0.3 is 0 Å². The Balaban J connectivity index is 2.29. The highest BCUT2D eigenvalue weighted by molar-refractivity contribution is 5.57. The predicted octanol–water partition coefficient (Wildman–Crippen LogP) is 1.87. The van der Waals surface area contributed by atoms with Gasteiger partial charge < -0.3 is 15.7 Å². The molecule has 1 aromatic rings. The molecule has 3 N–H and O–H groups in total. The standard InChI is InChI=1S/C15H26N4O/c1-10-12(16)17-14(15(2,3)4)18-13(10)19-7-5-11(9-20)6-8-19/h11,20H,5-9H2,1-4H3,(H2,16,17,18). The topological polar surface area (TPSA) is 75.3 Å². The Morgan fingerprint density at radius 2 is 1.85 bits per heavy atom. The summed E-state index contributed by atoms with van der Waals surface area (Å²) in [4.78, 5) is 11.5. The number of aliphatic hydroxyl groups is 1. The van der Waals surface area contributed by atoms with Crippen molar-refractivity contribution in [3.05, 3.63) is 11.4 Å². The first kappa shape index (κ1) is 15.0. The number of piperidine rings is 1. The fraction of sp³-hybridized carbons (Fsp3) is 0.733. The lowest BCUT2D eigenvalue weighted by Crippen LogP contribution is -2.36. The molecular weight excluding hydrogens is 252 g/mol. The van der Waals surface area contributed by atoms with Crippen LogP contribution in [0.2, 0.25) is 0 Å². The predicted molar refractivity (Wildman–Crippen MR) is 81.9 cm³/mol. The molecule has 0 amide bonds. The van der Waals surface area contributed by atoms with E-state index >= 15 is 0 Å². The summed E-state index contributed by atoms with van der Waals surface area (Å²) in [5, 5.41) is 9.23. The molecule has 1 saturated heterocycles. The van der Waals surface area contributed by atoms with Crippen LogP contribution in [0.3, 0.4) is 0 Å². The Kier molecular flexibility index (Phi) is 4.18. The van der Waals surface area contributed by atoms with E-state index in [0.29, 0.717) is 11.7 Å². The van der Waals surface area contributed by atoms with Gasteiger partial charge in [0, 0.05) is 30.7 Å². The van der Waals surface area contributed by atoms with Crippen molar-refractivity contribution in [3.8, 4) is 0 Å². The van der Waals surface area contributed by atoms with E-state index in [1.807, 2.05) is 6.92 Å². The lowest BCUT2D eigenvalue weighted by molar-refractivity contribution is 0.202. The summed E-state index contributed by atoms with van der Waals surface area (Å²) < 4.78 is 0. The highest BCUT2D eigenvalue weighted by atomic mass is 16.3. The van der Waals surface area contributed by atoms with Gasteiger partial charge in [-0.25, -0.2) is 9.97 Å². The van der Waals surface area contributed by atoms with E-state index in [2.05, 4.69) is 30.7 Å². The minimum Gasteiger partial charge on any atom is -0.396 e. The molecule has 112 valence electrons. The lowest BCUT2D eigenvalue weighted by Gasteiger charge is -2.33. The summed E-state index contributed by atoms with van der Waals surface area (Å²) in [7, 11) is 0. The number of hydrogen-bond acceptors (Lipinski definition) is 5. The van der Waals surface area contributed by atoms with Crippen LogP contribution in [0.5, 0.6) is 0 Å². The largest absolute Gasteiger partial charge is 0.396 e. The second kappa shape index (κ2) is 5.56. The van der Waals surface area contributed by atoms with Crippen LogP contribution in [0, 0.1) is 12.8 Å². The van der Waals surface area contributed by atoms with E-state index < -0.39 is 0 Å². The molecule has 0 unspecified atom stereocenters. The van der Waals surface area contributed by atoms with Crippen LogP contribution in [0.15, 0.2) is 0 Å². The van der Waals surface area contributed by atoms with Gasteiger partial charge in [-0.2, -0.15) is 0 Å². The highest BCUT2D eigenvalue weighted by Crippen LogP contribution is 2.29. The Morgan fingerprint density at radius 3 is 2.35 bits per heavy atom. The molecule has 20 heavy (non-hydrogen) atoms. The van der Waals surface area contributed by atoms with Gasteiger partial charge in [0.1, 0.15) is 17.5 Å². The fourth-order valence-corrected chi connectivity index (χ4v) is 2.49. The van der Waals surface area contributed by atoms with E-state index in [-0.39, 0.29) is 12.0 Å². The van der Waals surface area contributed by atoms with Crippen molar-refractivity contribution < 1.29 is 5.11 Å². The molecule has 0 saturated carbocycles. The first-order valence-electron chi connectivity index (χ1n) is 7.33. The molecule has 0 aromatic carbocycles. The van der Waals surface area contributed by atoms with Gasteiger partial charge in [-0.05, 0) is 25.7 Å². The zero-order valence-electron chi connectivity index (χ0n) is 13.0. The molecule has 0 aliphatic carbocycles. The summed E-state index contributed by atoms with van der Waals surface area (Å²) in [5.41, 5.74) is 6.91. The van der Waals surface area contributed by atoms with Gasteiger partial charge in [-0.1, -0.05) is 20.8 Å². The first-order valence-corrected chi connectivity index (χ1v) is 7.33. The van der Waals surface area contributed by atoms with Gasteiger partial charge in [-0.15, -0.1) is 0 Å². The summed E-state index contributed by atoms with van der Waals surface area (Å²) in [6.45, 7) is 10.4. The molecule has 1 aliphatic heterocycles. The Labute approximate surface area is 121 Å². The maximum absolute atomic E-state index is 9.23. The van der Waals surface area contributed by atoms with Crippen molar-refractivity contribution in [1.82, 2.24) is 9.97 Å². The van der Waals surface area contributed by atoms with E-state index in [9.17, 15) is 5.11 Å². The molecule has 2 heterocycles. The molecular formula is C15H26N4O. The van der Waals surface area contributed by atoms with Crippen LogP contribution in [0.1, 0.15) is 45.0 Å². The zero-order chi connectivity index (χ0) is 14.9. The van der Waals surface area contributed by atoms with Crippen molar-refractivity contribution in [2.45, 2.75) is 46.0 Å². The van der Waals surface area contributed by atoms with Crippen LogP contribution in [-0.2, 0) is 5.41 Å². The first-order chi connectivity index (χ1) is 9.32. The van der Waals surface area contributed by atoms with Crippen molar-refractivity contribution in [3.63, 3.8) is 0 Å². The Bertz CT molecular complexity index is 473. The van der Waals surface area contributed by atoms with Gasteiger partial charge in [0.2, 0.25) is 0 Å². The number of aliphatic hydroxyl groups excluding tert-OH is 1. The molecule has 5 nitrogen and oxygen atoms in total. The maximum Gasteiger partial charge on any atom is 0.138 e. The average Bonchev–Trinajstić information content (AvgIpc) is 2.40. The van der Waals surface area contributed by atoms with Crippen LogP contribution in [0.25, 0.3) is 0 Å². The highest BCUT2D eigenvalue weighted by Gasteiger charge is 2.25. The number of nitrogen functional groups attached to an aromatic ring is 1. The normalized spacial score (nSPS) is 17.6. The van der Waals surface area contributed by atoms with Crippen LogP contribution >= 0.6 is 0 Å². The van der Waals surface area contributed by atoms with Crippen molar-refractivity contribution in [2.75, 3.05) is 30.3 Å². The monoisotopic (exact) mass is 278 g/mol. The van der Waals surface area contributed by atoms with Crippen LogP contribution in [-0.4, -0.2) is 34.8 Å². The molecule has 1 aromatic heterocycles. The third-order valence-corrected chi connectivity index (χ3v) is 4.00. The molecule has 2 rings (SSSR count). The number of hydrogen-bond donors (Lipinski definition) is 2. The second-order valence-electron chi connectivity index (χ2n) is 6.74. The molecule has 1 fully saturated rings. The summed E-state index contributed by atoms with van der Waals surface area (Å²) in [6, 6.07) is 0. The van der Waals surface area contributed by atoms with Gasteiger partial charge in [0.25, 0.3) is 0 Å². The Morgan fingerprint density at radius 1 is 1.25 bits per heavy atom. The van der Waals surface area contributed by atoms with Crippen LogP contribution in [0.4, 0.5) is 11.6 Å². The third kappa shape index (κ3) is 3.03. The number of aromatic nitrogens is 2. The van der Waals surface area contributed by atoms with Gasteiger partial charge in [0.15, 0.2) is 0 Å². The summed E-state index contributed by atoms with van der Waals surface area (Å²) in [5.74, 6) is 2.75. The average molecular weight is 278 g/mol. The number of nitrogens with zero attached hydrogens (tertiary/aromatic N) is 3. The van der Waals surface area contributed by atoms with Crippen molar-refractivity contribution in [1.29, 1.82) is 0 Å². The van der Waals surface area contributed by atoms with Gasteiger partial charge in [0.05, 0.1) is 0 Å². The minimum absolute atomic E-state index is 0.111. The third-order valence-electron chi connectivity index (χ3n) is 4.00. The molecule has 0 spiro atoms. The van der Waals surface area contributed by atoms with Crippen molar-refractivity contribution >= 4 is 11.6 Å². The van der Waals surface area contributed by atoms with E-state index in [0.717, 1.165) is 43.1 Å². The second-order valence-corrected chi connectivity index (χ2v) is 6.74. The number of rotatable bonds is 2.